The summed E-state index contributed by atoms with van der Waals surface area (Å²) >= 11 is 5.96. The van der Waals surface area contributed by atoms with Gasteiger partial charge >= 0.3 is 0 Å². The monoisotopic (exact) mass is 255 g/mol. The highest BCUT2D eigenvalue weighted by Gasteiger charge is 2.19. The Morgan fingerprint density at radius 2 is 2.41 bits per heavy atom. The van der Waals surface area contributed by atoms with Crippen LogP contribution in [0.3, 0.4) is 0 Å². The SMILES string of the molecule is CC(O)CNC1CCCOc2cc(Cl)ccc21. The van der Waals surface area contributed by atoms with E-state index in [0.29, 0.717) is 11.6 Å². The van der Waals surface area contributed by atoms with Crippen molar-refractivity contribution < 1.29 is 9.84 Å². The largest absolute Gasteiger partial charge is 0.493 e. The molecule has 0 fully saturated rings. The summed E-state index contributed by atoms with van der Waals surface area (Å²) in [5.74, 6) is 0.859. The van der Waals surface area contributed by atoms with Gasteiger partial charge in [-0.15, -0.1) is 0 Å². The molecular weight excluding hydrogens is 238 g/mol. The lowest BCUT2D eigenvalue weighted by molar-refractivity contribution is 0.185. The van der Waals surface area contributed by atoms with Crippen LogP contribution in [0.25, 0.3) is 0 Å². The van der Waals surface area contributed by atoms with Gasteiger partial charge in [-0.05, 0) is 31.9 Å². The van der Waals surface area contributed by atoms with E-state index >= 15 is 0 Å². The van der Waals surface area contributed by atoms with Crippen molar-refractivity contribution in [2.75, 3.05) is 13.2 Å². The van der Waals surface area contributed by atoms with E-state index < -0.39 is 0 Å². The molecule has 2 N–H and O–H groups in total. The summed E-state index contributed by atoms with van der Waals surface area (Å²) in [5.41, 5.74) is 1.13. The molecule has 0 radical (unpaired) electrons. The van der Waals surface area contributed by atoms with Crippen LogP contribution in [0.2, 0.25) is 5.02 Å². The third-order valence-electron chi connectivity index (χ3n) is 2.91. The number of nitrogens with one attached hydrogen (secondary N) is 1. The predicted molar refractivity (Wildman–Crippen MR) is 68.6 cm³/mol. The van der Waals surface area contributed by atoms with Crippen molar-refractivity contribution in [1.29, 1.82) is 0 Å². The molecule has 0 spiro atoms. The molecule has 2 rings (SSSR count). The van der Waals surface area contributed by atoms with Gasteiger partial charge in [-0.2, -0.15) is 0 Å². The van der Waals surface area contributed by atoms with E-state index in [0.717, 1.165) is 30.8 Å². The number of ether oxygens (including phenoxy) is 1. The molecule has 0 amide bonds. The highest BCUT2D eigenvalue weighted by atomic mass is 35.5. The van der Waals surface area contributed by atoms with E-state index in [9.17, 15) is 5.11 Å². The molecule has 0 saturated heterocycles. The van der Waals surface area contributed by atoms with Gasteiger partial charge in [0, 0.05) is 23.2 Å². The molecule has 0 aliphatic carbocycles. The Bertz CT molecular complexity index is 382. The van der Waals surface area contributed by atoms with Crippen molar-refractivity contribution in [2.24, 2.45) is 0 Å². The fraction of sp³-hybridized carbons (Fsp3) is 0.538. The molecule has 0 bridgehead atoms. The van der Waals surface area contributed by atoms with Crippen LogP contribution >= 0.6 is 11.6 Å². The van der Waals surface area contributed by atoms with Crippen LogP contribution in [-0.4, -0.2) is 24.4 Å². The maximum Gasteiger partial charge on any atom is 0.125 e. The van der Waals surface area contributed by atoms with E-state index in [-0.39, 0.29) is 12.1 Å². The smallest absolute Gasteiger partial charge is 0.125 e. The minimum Gasteiger partial charge on any atom is -0.493 e. The molecular formula is C13H18ClNO2. The maximum absolute atomic E-state index is 9.33. The van der Waals surface area contributed by atoms with Gasteiger partial charge in [-0.3, -0.25) is 0 Å². The quantitative estimate of drug-likeness (QED) is 0.872. The van der Waals surface area contributed by atoms with Crippen LogP contribution in [0.15, 0.2) is 18.2 Å². The second-order valence-corrected chi connectivity index (χ2v) is 4.92. The maximum atomic E-state index is 9.33. The van der Waals surface area contributed by atoms with Crippen LogP contribution in [0, 0.1) is 0 Å². The number of halogens is 1. The van der Waals surface area contributed by atoms with E-state index in [1.165, 1.54) is 0 Å². The van der Waals surface area contributed by atoms with Crippen LogP contribution in [0.1, 0.15) is 31.4 Å². The highest BCUT2D eigenvalue weighted by Crippen LogP contribution is 2.33. The first-order valence-corrected chi connectivity index (χ1v) is 6.38. The van der Waals surface area contributed by atoms with E-state index in [1.54, 1.807) is 6.92 Å². The molecule has 17 heavy (non-hydrogen) atoms. The van der Waals surface area contributed by atoms with Crippen LogP contribution in [-0.2, 0) is 0 Å². The molecule has 0 saturated carbocycles. The van der Waals surface area contributed by atoms with E-state index in [2.05, 4.69) is 5.32 Å². The van der Waals surface area contributed by atoms with Crippen molar-refractivity contribution in [1.82, 2.24) is 5.32 Å². The zero-order chi connectivity index (χ0) is 12.3. The second-order valence-electron chi connectivity index (χ2n) is 4.48. The van der Waals surface area contributed by atoms with Gasteiger partial charge in [-0.1, -0.05) is 17.7 Å². The number of aliphatic hydroxyl groups excluding tert-OH is 1. The third-order valence-corrected chi connectivity index (χ3v) is 3.14. The summed E-state index contributed by atoms with van der Waals surface area (Å²) in [4.78, 5) is 0. The van der Waals surface area contributed by atoms with Gasteiger partial charge in [0.15, 0.2) is 0 Å². The highest BCUT2D eigenvalue weighted by molar-refractivity contribution is 6.30. The fourth-order valence-corrected chi connectivity index (χ4v) is 2.23. The molecule has 3 nitrogen and oxygen atoms in total. The molecule has 94 valence electrons. The topological polar surface area (TPSA) is 41.5 Å². The summed E-state index contributed by atoms with van der Waals surface area (Å²) < 4.78 is 5.68. The number of benzene rings is 1. The Hall–Kier alpha value is -0.770. The Kier molecular flexibility index (Phi) is 4.26. The number of aliphatic hydroxyl groups is 1. The average molecular weight is 256 g/mol. The number of fused-ring (bicyclic) bond motifs is 1. The van der Waals surface area contributed by atoms with Crippen molar-refractivity contribution in [3.8, 4) is 5.75 Å². The van der Waals surface area contributed by atoms with Gasteiger partial charge in [0.2, 0.25) is 0 Å². The van der Waals surface area contributed by atoms with E-state index in [4.69, 9.17) is 16.3 Å². The standard InChI is InChI=1S/C13H18ClNO2/c1-9(16)8-15-12-3-2-6-17-13-7-10(14)4-5-11(12)13/h4-5,7,9,12,15-16H,2-3,6,8H2,1H3. The van der Waals surface area contributed by atoms with Crippen molar-refractivity contribution in [3.63, 3.8) is 0 Å². The van der Waals surface area contributed by atoms with Gasteiger partial charge in [0.25, 0.3) is 0 Å². The van der Waals surface area contributed by atoms with Crippen molar-refractivity contribution in [2.45, 2.75) is 31.9 Å². The number of rotatable bonds is 3. The Morgan fingerprint density at radius 3 is 3.18 bits per heavy atom. The Morgan fingerprint density at radius 1 is 1.59 bits per heavy atom. The van der Waals surface area contributed by atoms with E-state index in [1.807, 2.05) is 18.2 Å². The molecule has 4 heteroatoms. The molecule has 0 aromatic heterocycles. The molecule has 1 heterocycles. The van der Waals surface area contributed by atoms with Gasteiger partial charge in [-0.25, -0.2) is 0 Å². The lowest BCUT2D eigenvalue weighted by Gasteiger charge is -2.19. The zero-order valence-electron chi connectivity index (χ0n) is 9.95. The molecule has 1 aliphatic rings. The summed E-state index contributed by atoms with van der Waals surface area (Å²) in [6.45, 7) is 3.09. The van der Waals surface area contributed by atoms with Gasteiger partial charge in [0.05, 0.1) is 12.7 Å². The average Bonchev–Trinajstić information content (AvgIpc) is 2.48. The first-order valence-electron chi connectivity index (χ1n) is 6.00. The Labute approximate surface area is 107 Å². The molecule has 2 atom stereocenters. The Balaban J connectivity index is 2.18. The number of hydrogen-bond donors (Lipinski definition) is 2. The van der Waals surface area contributed by atoms with Gasteiger partial charge in [0.1, 0.15) is 5.75 Å². The summed E-state index contributed by atoms with van der Waals surface area (Å²) in [5, 5.41) is 13.4. The molecule has 1 aliphatic heterocycles. The van der Waals surface area contributed by atoms with Crippen molar-refractivity contribution >= 4 is 11.6 Å². The molecule has 1 aromatic rings. The second kappa shape index (κ2) is 5.71. The fourth-order valence-electron chi connectivity index (χ4n) is 2.07. The first kappa shape index (κ1) is 12.7. The summed E-state index contributed by atoms with van der Waals surface area (Å²) in [6.07, 6.45) is 1.68. The van der Waals surface area contributed by atoms with Gasteiger partial charge < -0.3 is 15.2 Å². The minimum absolute atomic E-state index is 0.236. The summed E-state index contributed by atoms with van der Waals surface area (Å²) in [7, 11) is 0. The third kappa shape index (κ3) is 3.35. The van der Waals surface area contributed by atoms with Crippen LogP contribution < -0.4 is 10.1 Å². The lowest BCUT2D eigenvalue weighted by atomic mass is 10.0. The number of hydrogen-bond acceptors (Lipinski definition) is 3. The van der Waals surface area contributed by atoms with Crippen molar-refractivity contribution in [3.05, 3.63) is 28.8 Å². The van der Waals surface area contributed by atoms with Crippen LogP contribution in [0.5, 0.6) is 5.75 Å². The first-order chi connectivity index (χ1) is 8.16. The normalized spacial score (nSPS) is 21.2. The van der Waals surface area contributed by atoms with Crippen LogP contribution in [0.4, 0.5) is 0 Å². The predicted octanol–water partition coefficient (Wildman–Crippen LogP) is 2.52. The minimum atomic E-state index is -0.338. The zero-order valence-corrected chi connectivity index (χ0v) is 10.7. The molecule has 2 unspecified atom stereocenters. The summed E-state index contributed by atoms with van der Waals surface area (Å²) in [6, 6.07) is 5.98. The molecule has 1 aromatic carbocycles. The lowest BCUT2D eigenvalue weighted by Crippen LogP contribution is -2.28.